The summed E-state index contributed by atoms with van der Waals surface area (Å²) >= 11 is 6.02. The van der Waals surface area contributed by atoms with Crippen LogP contribution in [0.25, 0.3) is 6.08 Å². The molecular formula is C20H20ClN5O4. The molecule has 0 radical (unpaired) electrons. The number of aromatic nitrogens is 4. The topological polar surface area (TPSA) is 105 Å². The van der Waals surface area contributed by atoms with Crippen molar-refractivity contribution >= 4 is 29.1 Å². The van der Waals surface area contributed by atoms with E-state index in [0.717, 1.165) is 11.1 Å². The van der Waals surface area contributed by atoms with E-state index in [-0.39, 0.29) is 28.7 Å². The SMILES string of the molecule is COc1ccc(/C=C/C(=O)c2nn(C)cc2Cl)cc1Cn1nc(C)c([N+](=O)[O-])c1C. The number of ketones is 1. The van der Waals surface area contributed by atoms with Crippen molar-refractivity contribution in [3.63, 3.8) is 0 Å². The minimum atomic E-state index is -0.432. The molecule has 10 heteroatoms. The maximum Gasteiger partial charge on any atom is 0.312 e. The van der Waals surface area contributed by atoms with Crippen LogP contribution in [0.4, 0.5) is 5.69 Å². The second kappa shape index (κ2) is 8.50. The van der Waals surface area contributed by atoms with Gasteiger partial charge in [-0.2, -0.15) is 10.2 Å². The van der Waals surface area contributed by atoms with Gasteiger partial charge in [-0.25, -0.2) is 0 Å². The van der Waals surface area contributed by atoms with Crippen LogP contribution < -0.4 is 4.74 Å². The first-order valence-electron chi connectivity index (χ1n) is 8.98. The lowest BCUT2D eigenvalue weighted by atomic mass is 10.1. The Morgan fingerprint density at radius 2 is 2.07 bits per heavy atom. The van der Waals surface area contributed by atoms with Gasteiger partial charge in [0.15, 0.2) is 5.69 Å². The van der Waals surface area contributed by atoms with E-state index in [1.165, 1.54) is 10.8 Å². The van der Waals surface area contributed by atoms with Gasteiger partial charge in [-0.1, -0.05) is 23.7 Å². The molecule has 30 heavy (non-hydrogen) atoms. The molecule has 0 atom stereocenters. The van der Waals surface area contributed by atoms with Gasteiger partial charge in [0.2, 0.25) is 5.78 Å². The summed E-state index contributed by atoms with van der Waals surface area (Å²) in [5.74, 6) is 0.300. The monoisotopic (exact) mass is 429 g/mol. The molecule has 0 unspecified atom stereocenters. The molecule has 156 valence electrons. The quantitative estimate of drug-likeness (QED) is 0.245. The number of nitro groups is 1. The molecule has 0 saturated carbocycles. The first-order valence-corrected chi connectivity index (χ1v) is 9.36. The lowest BCUT2D eigenvalue weighted by Crippen LogP contribution is -2.06. The van der Waals surface area contributed by atoms with Crippen LogP contribution >= 0.6 is 11.6 Å². The largest absolute Gasteiger partial charge is 0.496 e. The number of carbonyl (C=O) groups excluding carboxylic acids is 1. The van der Waals surface area contributed by atoms with Gasteiger partial charge in [-0.15, -0.1) is 0 Å². The highest BCUT2D eigenvalue weighted by Gasteiger charge is 2.22. The first kappa shape index (κ1) is 21.3. The highest BCUT2D eigenvalue weighted by Crippen LogP contribution is 2.26. The number of rotatable bonds is 7. The predicted octanol–water partition coefficient (Wildman–Crippen LogP) is 3.75. The Balaban J connectivity index is 1.89. The average Bonchev–Trinajstić information content (AvgIpc) is 3.17. The molecule has 3 aromatic rings. The van der Waals surface area contributed by atoms with Crippen LogP contribution in [0.15, 0.2) is 30.5 Å². The van der Waals surface area contributed by atoms with Crippen molar-refractivity contribution in [1.29, 1.82) is 0 Å². The van der Waals surface area contributed by atoms with Crippen molar-refractivity contribution < 1.29 is 14.5 Å². The third-order valence-electron chi connectivity index (χ3n) is 4.60. The van der Waals surface area contributed by atoms with Gasteiger partial charge in [0.1, 0.15) is 17.1 Å². The number of allylic oxidation sites excluding steroid dienone is 1. The highest BCUT2D eigenvalue weighted by atomic mass is 35.5. The second-order valence-electron chi connectivity index (χ2n) is 6.70. The van der Waals surface area contributed by atoms with Gasteiger partial charge < -0.3 is 4.74 Å². The lowest BCUT2D eigenvalue weighted by Gasteiger charge is -2.10. The van der Waals surface area contributed by atoms with Crippen LogP contribution in [0.5, 0.6) is 5.75 Å². The molecule has 0 bridgehead atoms. The number of hydrogen-bond donors (Lipinski definition) is 0. The summed E-state index contributed by atoms with van der Waals surface area (Å²) in [5.41, 5.74) is 2.51. The minimum Gasteiger partial charge on any atom is -0.496 e. The summed E-state index contributed by atoms with van der Waals surface area (Å²) in [4.78, 5) is 23.2. The minimum absolute atomic E-state index is 0.00264. The Hall–Kier alpha value is -3.46. The Morgan fingerprint density at radius 1 is 1.33 bits per heavy atom. The number of aryl methyl sites for hydroxylation is 2. The fraction of sp³-hybridized carbons (Fsp3) is 0.250. The van der Waals surface area contributed by atoms with E-state index < -0.39 is 4.92 Å². The van der Waals surface area contributed by atoms with Crippen LogP contribution in [0, 0.1) is 24.0 Å². The molecule has 1 aromatic carbocycles. The van der Waals surface area contributed by atoms with Gasteiger partial charge in [0.25, 0.3) is 0 Å². The molecule has 0 saturated heterocycles. The highest BCUT2D eigenvalue weighted by molar-refractivity contribution is 6.34. The number of methoxy groups -OCH3 is 1. The van der Waals surface area contributed by atoms with Crippen LogP contribution in [0.1, 0.15) is 33.0 Å². The van der Waals surface area contributed by atoms with Crippen molar-refractivity contribution in [3.8, 4) is 5.75 Å². The second-order valence-corrected chi connectivity index (χ2v) is 7.11. The molecule has 0 aliphatic carbocycles. The summed E-state index contributed by atoms with van der Waals surface area (Å²) in [6.45, 7) is 3.54. The fourth-order valence-electron chi connectivity index (χ4n) is 3.17. The van der Waals surface area contributed by atoms with Gasteiger partial charge in [-0.3, -0.25) is 24.3 Å². The van der Waals surface area contributed by atoms with E-state index in [9.17, 15) is 14.9 Å². The summed E-state index contributed by atoms with van der Waals surface area (Å²) in [7, 11) is 3.23. The molecule has 0 aliphatic rings. The van der Waals surface area contributed by atoms with E-state index in [0.29, 0.717) is 17.1 Å². The molecule has 0 amide bonds. The number of ether oxygens (including phenoxy) is 1. The van der Waals surface area contributed by atoms with E-state index >= 15 is 0 Å². The number of benzene rings is 1. The van der Waals surface area contributed by atoms with Gasteiger partial charge in [0, 0.05) is 18.8 Å². The van der Waals surface area contributed by atoms with E-state index in [1.54, 1.807) is 57.1 Å². The Kier molecular flexibility index (Phi) is 6.02. The summed E-state index contributed by atoms with van der Waals surface area (Å²) in [6, 6.07) is 5.41. The number of nitrogens with zero attached hydrogens (tertiary/aromatic N) is 5. The van der Waals surface area contributed by atoms with E-state index in [2.05, 4.69) is 10.2 Å². The summed E-state index contributed by atoms with van der Waals surface area (Å²) in [6.07, 6.45) is 4.61. The van der Waals surface area contributed by atoms with Crippen molar-refractivity contribution in [2.75, 3.05) is 7.11 Å². The molecule has 0 aliphatic heterocycles. The van der Waals surface area contributed by atoms with Crippen LogP contribution in [0.3, 0.4) is 0 Å². The molecule has 0 spiro atoms. The number of carbonyl (C=O) groups is 1. The Morgan fingerprint density at radius 3 is 2.63 bits per heavy atom. The third kappa shape index (κ3) is 4.25. The molecule has 3 rings (SSSR count). The smallest absolute Gasteiger partial charge is 0.312 e. The normalized spacial score (nSPS) is 11.2. The van der Waals surface area contributed by atoms with Crippen molar-refractivity contribution in [2.45, 2.75) is 20.4 Å². The third-order valence-corrected chi connectivity index (χ3v) is 4.87. The Labute approximate surface area is 177 Å². The van der Waals surface area contributed by atoms with Crippen LogP contribution in [-0.4, -0.2) is 37.4 Å². The average molecular weight is 430 g/mol. The number of hydrogen-bond acceptors (Lipinski definition) is 6. The Bertz CT molecular complexity index is 1160. The summed E-state index contributed by atoms with van der Waals surface area (Å²) < 4.78 is 8.46. The molecule has 0 N–H and O–H groups in total. The number of halogens is 1. The maximum absolute atomic E-state index is 12.4. The van der Waals surface area contributed by atoms with Crippen LogP contribution in [0.2, 0.25) is 5.02 Å². The lowest BCUT2D eigenvalue weighted by molar-refractivity contribution is -0.386. The molecule has 2 aromatic heterocycles. The van der Waals surface area contributed by atoms with Gasteiger partial charge in [-0.05, 0) is 37.6 Å². The van der Waals surface area contributed by atoms with Crippen molar-refractivity contribution in [1.82, 2.24) is 19.6 Å². The zero-order valence-corrected chi connectivity index (χ0v) is 17.7. The first-order chi connectivity index (χ1) is 14.2. The molecule has 9 nitrogen and oxygen atoms in total. The van der Waals surface area contributed by atoms with Crippen molar-refractivity contribution in [2.24, 2.45) is 7.05 Å². The van der Waals surface area contributed by atoms with Gasteiger partial charge >= 0.3 is 5.69 Å². The standard InChI is InChI=1S/C20H20ClN5O4/c1-12-20(26(28)29)13(2)25(22-12)10-15-9-14(6-8-18(15)30-4)5-7-17(27)19-16(21)11-24(3)23-19/h5-9,11H,10H2,1-4H3/b7-5+. The van der Waals surface area contributed by atoms with Crippen LogP contribution in [-0.2, 0) is 13.6 Å². The predicted molar refractivity (Wildman–Crippen MR) is 112 cm³/mol. The van der Waals surface area contributed by atoms with Crippen molar-refractivity contribution in [3.05, 3.63) is 73.8 Å². The summed E-state index contributed by atoms with van der Waals surface area (Å²) in [5, 5.41) is 19.9. The zero-order valence-electron chi connectivity index (χ0n) is 16.9. The zero-order chi connectivity index (χ0) is 22.0. The maximum atomic E-state index is 12.4. The molecule has 0 fully saturated rings. The molecular weight excluding hydrogens is 410 g/mol. The fourth-order valence-corrected chi connectivity index (χ4v) is 3.44. The van der Waals surface area contributed by atoms with E-state index in [1.807, 2.05) is 6.07 Å². The van der Waals surface area contributed by atoms with E-state index in [4.69, 9.17) is 16.3 Å². The van der Waals surface area contributed by atoms with Gasteiger partial charge in [0.05, 0.1) is 23.6 Å². The molecule has 2 heterocycles.